The van der Waals surface area contributed by atoms with Gasteiger partial charge >= 0.3 is 0 Å². The summed E-state index contributed by atoms with van der Waals surface area (Å²) < 4.78 is 1.92. The summed E-state index contributed by atoms with van der Waals surface area (Å²) in [4.78, 5) is 9.51. The number of likely N-dealkylation sites (tertiary alicyclic amines) is 1. The maximum absolute atomic E-state index is 4.46. The summed E-state index contributed by atoms with van der Waals surface area (Å²) in [6.45, 7) is 6.41. The number of aromatic nitrogens is 3. The molecule has 0 radical (unpaired) electrons. The van der Waals surface area contributed by atoms with Crippen molar-refractivity contribution in [2.75, 3.05) is 20.1 Å². The Balaban J connectivity index is 1.53. The molecular formula is C19H29N5. The fourth-order valence-corrected chi connectivity index (χ4v) is 3.66. The molecule has 0 aromatic carbocycles. The van der Waals surface area contributed by atoms with E-state index in [2.05, 4.69) is 52.2 Å². The van der Waals surface area contributed by atoms with Crippen molar-refractivity contribution < 1.29 is 0 Å². The lowest BCUT2D eigenvalue weighted by molar-refractivity contribution is 0.204. The van der Waals surface area contributed by atoms with Crippen LogP contribution >= 0.6 is 0 Å². The van der Waals surface area contributed by atoms with Gasteiger partial charge in [0.25, 0.3) is 0 Å². The molecule has 0 amide bonds. The number of hydrogen-bond donors (Lipinski definition) is 0. The monoisotopic (exact) mass is 327 g/mol. The Bertz CT molecular complexity index is 636. The zero-order chi connectivity index (χ0) is 16.9. The molecule has 1 fully saturated rings. The zero-order valence-corrected chi connectivity index (χ0v) is 15.1. The van der Waals surface area contributed by atoms with Gasteiger partial charge < -0.3 is 0 Å². The van der Waals surface area contributed by atoms with Gasteiger partial charge in [0.15, 0.2) is 0 Å². The normalized spacial score (nSPS) is 19.6. The molecule has 1 aliphatic heterocycles. The molecule has 0 saturated carbocycles. The van der Waals surface area contributed by atoms with Crippen LogP contribution in [-0.4, -0.2) is 50.7 Å². The summed E-state index contributed by atoms with van der Waals surface area (Å²) in [7, 11) is 4.24. The summed E-state index contributed by atoms with van der Waals surface area (Å²) in [6, 6.07) is 6.81. The predicted molar refractivity (Wildman–Crippen MR) is 96.6 cm³/mol. The number of rotatable bonds is 5. The predicted octanol–water partition coefficient (Wildman–Crippen LogP) is 2.61. The average molecular weight is 327 g/mol. The second-order valence-electron chi connectivity index (χ2n) is 7.01. The molecular weight excluding hydrogens is 298 g/mol. The van der Waals surface area contributed by atoms with Gasteiger partial charge in [-0.3, -0.25) is 19.5 Å². The van der Waals surface area contributed by atoms with Crippen LogP contribution in [0.25, 0.3) is 0 Å². The number of nitrogens with zero attached hydrogens (tertiary/aromatic N) is 5. The third-order valence-corrected chi connectivity index (χ3v) is 5.06. The minimum absolute atomic E-state index is 0.645. The summed E-state index contributed by atoms with van der Waals surface area (Å²) in [5.41, 5.74) is 3.68. The van der Waals surface area contributed by atoms with Crippen molar-refractivity contribution in [3.8, 4) is 0 Å². The third kappa shape index (κ3) is 4.42. The topological polar surface area (TPSA) is 37.2 Å². The Labute approximate surface area is 145 Å². The summed E-state index contributed by atoms with van der Waals surface area (Å²) in [5, 5.41) is 4.46. The molecule has 0 aliphatic carbocycles. The molecule has 1 aliphatic rings. The summed E-state index contributed by atoms with van der Waals surface area (Å²) in [6.07, 6.45) is 7.80. The van der Waals surface area contributed by atoms with Gasteiger partial charge in [-0.1, -0.05) is 6.07 Å². The first-order valence-corrected chi connectivity index (χ1v) is 8.93. The standard InChI is InChI=1S/C19H29N5/c1-16-17(13-23(3)21-16)14-24-11-6-8-19(9-12-24)22(2)15-18-7-4-5-10-20-18/h4-5,7,10,13,19H,6,8-9,11-12,14-15H2,1-3H3/t19-/m0/s1. The van der Waals surface area contributed by atoms with Crippen LogP contribution in [0.5, 0.6) is 0 Å². The van der Waals surface area contributed by atoms with Crippen molar-refractivity contribution in [3.05, 3.63) is 47.5 Å². The Kier molecular flexibility index (Phi) is 5.63. The average Bonchev–Trinajstić information content (AvgIpc) is 2.76. The summed E-state index contributed by atoms with van der Waals surface area (Å²) >= 11 is 0. The van der Waals surface area contributed by atoms with Crippen LogP contribution in [0.1, 0.15) is 36.2 Å². The number of aryl methyl sites for hydroxylation is 2. The minimum atomic E-state index is 0.645. The second-order valence-corrected chi connectivity index (χ2v) is 7.01. The zero-order valence-electron chi connectivity index (χ0n) is 15.1. The largest absolute Gasteiger partial charge is 0.299 e. The molecule has 2 aromatic heterocycles. The lowest BCUT2D eigenvalue weighted by Crippen LogP contribution is -2.32. The highest BCUT2D eigenvalue weighted by atomic mass is 15.3. The molecule has 0 unspecified atom stereocenters. The second kappa shape index (κ2) is 7.90. The highest BCUT2D eigenvalue weighted by Gasteiger charge is 2.21. The molecule has 0 bridgehead atoms. The number of pyridine rings is 1. The van der Waals surface area contributed by atoms with Crippen LogP contribution < -0.4 is 0 Å². The number of hydrogen-bond acceptors (Lipinski definition) is 4. The van der Waals surface area contributed by atoms with Gasteiger partial charge in [-0.05, 0) is 58.5 Å². The quantitative estimate of drug-likeness (QED) is 0.846. The van der Waals surface area contributed by atoms with E-state index in [9.17, 15) is 0 Å². The molecule has 0 spiro atoms. The summed E-state index contributed by atoms with van der Waals surface area (Å²) in [5.74, 6) is 0. The van der Waals surface area contributed by atoms with Crippen molar-refractivity contribution in [2.45, 2.75) is 45.3 Å². The van der Waals surface area contributed by atoms with Crippen molar-refractivity contribution in [1.29, 1.82) is 0 Å². The van der Waals surface area contributed by atoms with Crippen LogP contribution in [0, 0.1) is 6.92 Å². The van der Waals surface area contributed by atoms with Gasteiger partial charge in [-0.15, -0.1) is 0 Å². The smallest absolute Gasteiger partial charge is 0.0638 e. The fraction of sp³-hybridized carbons (Fsp3) is 0.579. The Morgan fingerprint density at radius 3 is 2.83 bits per heavy atom. The lowest BCUT2D eigenvalue weighted by Gasteiger charge is -2.27. The van der Waals surface area contributed by atoms with Crippen molar-refractivity contribution in [1.82, 2.24) is 24.6 Å². The van der Waals surface area contributed by atoms with E-state index in [1.807, 2.05) is 24.0 Å². The van der Waals surface area contributed by atoms with Crippen molar-refractivity contribution in [2.24, 2.45) is 7.05 Å². The van der Waals surface area contributed by atoms with Crippen LogP contribution in [-0.2, 0) is 20.1 Å². The molecule has 1 saturated heterocycles. The highest BCUT2D eigenvalue weighted by Crippen LogP contribution is 2.19. The fourth-order valence-electron chi connectivity index (χ4n) is 3.66. The van der Waals surface area contributed by atoms with Crippen LogP contribution in [0.3, 0.4) is 0 Å². The van der Waals surface area contributed by atoms with Crippen LogP contribution in [0.4, 0.5) is 0 Å². The first-order valence-electron chi connectivity index (χ1n) is 8.93. The Hall–Kier alpha value is -1.72. The molecule has 24 heavy (non-hydrogen) atoms. The van der Waals surface area contributed by atoms with E-state index in [0.717, 1.165) is 31.0 Å². The van der Waals surface area contributed by atoms with E-state index in [-0.39, 0.29) is 0 Å². The van der Waals surface area contributed by atoms with E-state index >= 15 is 0 Å². The molecule has 130 valence electrons. The van der Waals surface area contributed by atoms with Gasteiger partial charge in [0, 0.05) is 44.1 Å². The minimum Gasteiger partial charge on any atom is -0.299 e. The van der Waals surface area contributed by atoms with E-state index in [1.165, 1.54) is 31.4 Å². The molecule has 3 heterocycles. The van der Waals surface area contributed by atoms with Crippen molar-refractivity contribution in [3.63, 3.8) is 0 Å². The lowest BCUT2D eigenvalue weighted by atomic mass is 10.1. The maximum atomic E-state index is 4.46. The Morgan fingerprint density at radius 2 is 2.12 bits per heavy atom. The first-order chi connectivity index (χ1) is 11.6. The van der Waals surface area contributed by atoms with Gasteiger partial charge in [0.2, 0.25) is 0 Å². The highest BCUT2D eigenvalue weighted by molar-refractivity contribution is 5.15. The van der Waals surface area contributed by atoms with Gasteiger partial charge in [0.05, 0.1) is 11.4 Å². The van der Waals surface area contributed by atoms with Crippen molar-refractivity contribution >= 4 is 0 Å². The van der Waals surface area contributed by atoms with Gasteiger partial charge in [0.1, 0.15) is 0 Å². The Morgan fingerprint density at radius 1 is 1.25 bits per heavy atom. The van der Waals surface area contributed by atoms with Crippen LogP contribution in [0.2, 0.25) is 0 Å². The SMILES string of the molecule is Cc1nn(C)cc1CN1CCC[C@H](N(C)Cc2ccccn2)CC1. The molecule has 1 atom stereocenters. The maximum Gasteiger partial charge on any atom is 0.0638 e. The molecule has 2 aromatic rings. The van der Waals surface area contributed by atoms with E-state index < -0.39 is 0 Å². The third-order valence-electron chi connectivity index (χ3n) is 5.06. The molecule has 5 heteroatoms. The van der Waals surface area contributed by atoms with Gasteiger partial charge in [-0.25, -0.2) is 0 Å². The molecule has 5 nitrogen and oxygen atoms in total. The molecule has 3 rings (SSSR count). The van der Waals surface area contributed by atoms with E-state index in [0.29, 0.717) is 6.04 Å². The first kappa shape index (κ1) is 17.1. The van der Waals surface area contributed by atoms with Gasteiger partial charge in [-0.2, -0.15) is 5.10 Å². The van der Waals surface area contributed by atoms with E-state index in [4.69, 9.17) is 0 Å². The van der Waals surface area contributed by atoms with E-state index in [1.54, 1.807) is 0 Å². The van der Waals surface area contributed by atoms with Crippen LogP contribution in [0.15, 0.2) is 30.6 Å². The molecule has 0 N–H and O–H groups in total.